The summed E-state index contributed by atoms with van der Waals surface area (Å²) in [5.41, 5.74) is 10.2. The predicted octanol–water partition coefficient (Wildman–Crippen LogP) is 14.7. The number of fused-ring (bicyclic) bond motifs is 12. The third-order valence-electron chi connectivity index (χ3n) is 11.2. The molecule has 53 heavy (non-hydrogen) atoms. The fourth-order valence-electron chi connectivity index (χ4n) is 8.70. The molecule has 12 rings (SSSR count). The number of rotatable bonds is 3. The topological polar surface area (TPSA) is 18.1 Å². The Hall–Kier alpha value is -6.68. The van der Waals surface area contributed by atoms with E-state index in [-0.39, 0.29) is 0 Å². The lowest BCUT2D eigenvalue weighted by Gasteiger charge is -2.11. The molecule has 2 nitrogen and oxygen atoms in total. The molecule has 9 aromatic carbocycles. The van der Waals surface area contributed by atoms with Gasteiger partial charge < -0.3 is 8.98 Å². The van der Waals surface area contributed by atoms with Crippen LogP contribution in [-0.4, -0.2) is 4.57 Å². The van der Waals surface area contributed by atoms with Gasteiger partial charge in [-0.3, -0.25) is 0 Å². The van der Waals surface area contributed by atoms with Crippen LogP contribution in [0, 0.1) is 0 Å². The van der Waals surface area contributed by atoms with Gasteiger partial charge in [-0.05, 0) is 111 Å². The lowest BCUT2D eigenvalue weighted by molar-refractivity contribution is 0.669. The van der Waals surface area contributed by atoms with Crippen molar-refractivity contribution in [1.29, 1.82) is 0 Å². The highest BCUT2D eigenvalue weighted by atomic mass is 32.1. The van der Waals surface area contributed by atoms with E-state index in [0.717, 1.165) is 27.6 Å². The van der Waals surface area contributed by atoms with Crippen molar-refractivity contribution >= 4 is 96.8 Å². The zero-order valence-electron chi connectivity index (χ0n) is 28.5. The van der Waals surface area contributed by atoms with Gasteiger partial charge in [0.15, 0.2) is 0 Å². The Bertz CT molecular complexity index is 3460. The first-order valence-corrected chi connectivity index (χ1v) is 18.9. The van der Waals surface area contributed by atoms with Crippen molar-refractivity contribution in [3.8, 4) is 27.9 Å². The van der Waals surface area contributed by atoms with Gasteiger partial charge in [0.05, 0.1) is 11.0 Å². The summed E-state index contributed by atoms with van der Waals surface area (Å²) in [4.78, 5) is 0. The summed E-state index contributed by atoms with van der Waals surface area (Å²) >= 11 is 1.86. The van der Waals surface area contributed by atoms with Crippen LogP contribution in [0.5, 0.6) is 0 Å². The maximum absolute atomic E-state index is 6.50. The predicted molar refractivity (Wildman–Crippen MR) is 227 cm³/mol. The summed E-state index contributed by atoms with van der Waals surface area (Å²) in [6.07, 6.45) is 0. The quantitative estimate of drug-likeness (QED) is 0.180. The Morgan fingerprint density at radius 2 is 1.04 bits per heavy atom. The van der Waals surface area contributed by atoms with E-state index in [9.17, 15) is 0 Å². The average Bonchev–Trinajstić information content (AvgIpc) is 3.89. The molecule has 246 valence electrons. The van der Waals surface area contributed by atoms with Crippen LogP contribution in [0.1, 0.15) is 0 Å². The third-order valence-corrected chi connectivity index (χ3v) is 12.3. The Balaban J connectivity index is 1.05. The molecule has 12 aromatic rings. The molecule has 0 amide bonds. The zero-order chi connectivity index (χ0) is 34.6. The SMILES string of the molecule is c1ccc2c(-c3ccc4oc5ccc6ccc(-n7c8ccccc8c8cc(-c9ccc%10sc%11ccccc%11c%10c9)ccc87)cc6c5c4c3)cccc2c1. The highest BCUT2D eigenvalue weighted by molar-refractivity contribution is 7.25. The molecule has 0 bridgehead atoms. The standard InChI is InChI=1S/C50H29NOS/c1-2-10-36-30(8-1)9-7-13-37(36)34-19-23-46-43(28-34)50-40-29-35(21-16-31(40)18-24-47(50)52-46)51-44-14-5-3-11-38(44)41-26-32(17-22-45(41)51)33-20-25-49-42(27-33)39-12-4-6-15-48(39)53-49/h1-29H. The number of benzene rings is 9. The Kier molecular flexibility index (Phi) is 5.96. The average molecular weight is 692 g/mol. The van der Waals surface area contributed by atoms with Crippen molar-refractivity contribution < 1.29 is 4.42 Å². The highest BCUT2D eigenvalue weighted by Gasteiger charge is 2.17. The maximum Gasteiger partial charge on any atom is 0.136 e. The van der Waals surface area contributed by atoms with Crippen LogP contribution in [0.15, 0.2) is 180 Å². The minimum Gasteiger partial charge on any atom is -0.456 e. The molecule has 0 saturated carbocycles. The zero-order valence-corrected chi connectivity index (χ0v) is 29.3. The molecule has 0 aliphatic rings. The van der Waals surface area contributed by atoms with E-state index < -0.39 is 0 Å². The molecule has 0 aliphatic heterocycles. The monoisotopic (exact) mass is 691 g/mol. The highest BCUT2D eigenvalue weighted by Crippen LogP contribution is 2.42. The molecule has 0 unspecified atom stereocenters. The van der Waals surface area contributed by atoms with Crippen molar-refractivity contribution in [3.63, 3.8) is 0 Å². The first kappa shape index (κ1) is 29.0. The van der Waals surface area contributed by atoms with Crippen LogP contribution in [0.4, 0.5) is 0 Å². The van der Waals surface area contributed by atoms with Crippen LogP contribution in [-0.2, 0) is 0 Å². The Morgan fingerprint density at radius 3 is 1.98 bits per heavy atom. The molecular weight excluding hydrogens is 663 g/mol. The second-order valence-electron chi connectivity index (χ2n) is 14.1. The number of thiophene rings is 1. The van der Waals surface area contributed by atoms with Crippen molar-refractivity contribution in [3.05, 3.63) is 176 Å². The van der Waals surface area contributed by atoms with Gasteiger partial charge in [-0.1, -0.05) is 109 Å². The van der Waals surface area contributed by atoms with E-state index in [4.69, 9.17) is 4.42 Å². The molecule has 3 heteroatoms. The largest absolute Gasteiger partial charge is 0.456 e. The van der Waals surface area contributed by atoms with Crippen LogP contribution >= 0.6 is 11.3 Å². The second-order valence-corrected chi connectivity index (χ2v) is 15.2. The van der Waals surface area contributed by atoms with Crippen molar-refractivity contribution in [2.24, 2.45) is 0 Å². The Labute approximate surface area is 308 Å². The molecule has 0 radical (unpaired) electrons. The van der Waals surface area contributed by atoms with Gasteiger partial charge in [0, 0.05) is 47.4 Å². The van der Waals surface area contributed by atoms with Gasteiger partial charge in [0.2, 0.25) is 0 Å². The lowest BCUT2D eigenvalue weighted by atomic mass is 9.96. The molecule has 0 fully saturated rings. The number of hydrogen-bond donors (Lipinski definition) is 0. The minimum absolute atomic E-state index is 0.903. The van der Waals surface area contributed by atoms with E-state index in [1.54, 1.807) is 0 Å². The normalized spacial score (nSPS) is 12.2. The summed E-state index contributed by atoms with van der Waals surface area (Å²) in [7, 11) is 0. The summed E-state index contributed by atoms with van der Waals surface area (Å²) in [5.74, 6) is 0. The van der Waals surface area contributed by atoms with Gasteiger partial charge in [-0.15, -0.1) is 11.3 Å². The van der Waals surface area contributed by atoms with Gasteiger partial charge in [-0.2, -0.15) is 0 Å². The van der Waals surface area contributed by atoms with E-state index in [0.29, 0.717) is 0 Å². The summed E-state index contributed by atoms with van der Waals surface area (Å²) < 4.78 is 11.6. The maximum atomic E-state index is 6.50. The number of furan rings is 1. The van der Waals surface area contributed by atoms with Crippen molar-refractivity contribution in [2.75, 3.05) is 0 Å². The first-order valence-electron chi connectivity index (χ1n) is 18.1. The molecular formula is C50H29NOS. The van der Waals surface area contributed by atoms with E-state index in [1.165, 1.54) is 85.8 Å². The van der Waals surface area contributed by atoms with E-state index in [2.05, 4.69) is 180 Å². The van der Waals surface area contributed by atoms with Crippen molar-refractivity contribution in [1.82, 2.24) is 4.57 Å². The lowest BCUT2D eigenvalue weighted by Crippen LogP contribution is -1.94. The number of hydrogen-bond acceptors (Lipinski definition) is 2. The molecule has 0 saturated heterocycles. The van der Waals surface area contributed by atoms with Crippen LogP contribution in [0.3, 0.4) is 0 Å². The number of para-hydroxylation sites is 1. The van der Waals surface area contributed by atoms with Crippen LogP contribution in [0.2, 0.25) is 0 Å². The Morgan fingerprint density at radius 1 is 0.377 bits per heavy atom. The summed E-state index contributed by atoms with van der Waals surface area (Å²) in [6, 6.07) is 64.4. The summed E-state index contributed by atoms with van der Waals surface area (Å²) in [6.45, 7) is 0. The molecule has 0 aliphatic carbocycles. The third kappa shape index (κ3) is 4.26. The molecule has 0 N–H and O–H groups in total. The minimum atomic E-state index is 0.903. The van der Waals surface area contributed by atoms with Gasteiger partial charge in [0.25, 0.3) is 0 Å². The molecule has 0 spiro atoms. The fraction of sp³-hybridized carbons (Fsp3) is 0. The van der Waals surface area contributed by atoms with E-state index in [1.807, 2.05) is 11.3 Å². The van der Waals surface area contributed by atoms with Gasteiger partial charge in [0.1, 0.15) is 11.2 Å². The number of aromatic nitrogens is 1. The smallest absolute Gasteiger partial charge is 0.136 e. The second kappa shape index (κ2) is 10.9. The first-order chi connectivity index (χ1) is 26.2. The van der Waals surface area contributed by atoms with Crippen LogP contribution in [0.25, 0.3) is 113 Å². The molecule has 0 atom stereocenters. The van der Waals surface area contributed by atoms with Gasteiger partial charge in [-0.25, -0.2) is 0 Å². The summed E-state index contributed by atoms with van der Waals surface area (Å²) in [5, 5.41) is 12.3. The fourth-order valence-corrected chi connectivity index (χ4v) is 9.79. The van der Waals surface area contributed by atoms with E-state index >= 15 is 0 Å². The molecule has 3 aromatic heterocycles. The van der Waals surface area contributed by atoms with Crippen LogP contribution < -0.4 is 0 Å². The number of nitrogens with zero attached hydrogens (tertiary/aromatic N) is 1. The van der Waals surface area contributed by atoms with Gasteiger partial charge >= 0.3 is 0 Å². The van der Waals surface area contributed by atoms with Crippen molar-refractivity contribution in [2.45, 2.75) is 0 Å². The molecule has 3 heterocycles.